The molecule has 4 heteroatoms. The molecule has 1 aromatic rings. The lowest BCUT2D eigenvalue weighted by atomic mass is 10.00. The van der Waals surface area contributed by atoms with E-state index in [9.17, 15) is 4.79 Å². The molecule has 1 aromatic carbocycles. The monoisotopic (exact) mass is 286 g/mol. The van der Waals surface area contributed by atoms with Gasteiger partial charge in [-0.1, -0.05) is 18.8 Å². The van der Waals surface area contributed by atoms with Gasteiger partial charge in [-0.3, -0.25) is 0 Å². The van der Waals surface area contributed by atoms with Crippen LogP contribution in [0.4, 0.5) is 10.5 Å². The molecule has 0 bridgehead atoms. The van der Waals surface area contributed by atoms with Crippen LogP contribution in [0, 0.1) is 24.7 Å². The molecular formula is C17H22N2O2. The quantitative estimate of drug-likeness (QED) is 0.780. The topological polar surface area (TPSA) is 52.6 Å². The fourth-order valence-electron chi connectivity index (χ4n) is 2.43. The number of aryl methyl sites for hydroxylation is 1. The van der Waals surface area contributed by atoms with Crippen LogP contribution in [0.3, 0.4) is 0 Å². The van der Waals surface area contributed by atoms with Gasteiger partial charge in [0.15, 0.2) is 0 Å². The number of carbonyl (C=O) groups excluding carboxylic acids is 1. The number of amides is 2. The first-order valence-electron chi connectivity index (χ1n) is 7.36. The molecular weight excluding hydrogens is 264 g/mol. The molecule has 1 fully saturated rings. The number of rotatable bonds is 1. The summed E-state index contributed by atoms with van der Waals surface area (Å²) < 4.78 is 0. The predicted molar refractivity (Wildman–Crippen MR) is 84.1 cm³/mol. The lowest BCUT2D eigenvalue weighted by Crippen LogP contribution is -2.40. The Labute approximate surface area is 126 Å². The summed E-state index contributed by atoms with van der Waals surface area (Å²) in [6.07, 6.45) is 2.14. The van der Waals surface area contributed by atoms with Gasteiger partial charge in [0.1, 0.15) is 6.61 Å². The SMILES string of the molecule is Cc1cc(C#CCO)ccc1NC(=O)N1CCC(C)CC1. The van der Waals surface area contributed by atoms with Gasteiger partial charge >= 0.3 is 6.03 Å². The van der Waals surface area contributed by atoms with Crippen LogP contribution in [0.5, 0.6) is 0 Å². The van der Waals surface area contributed by atoms with Crippen molar-refractivity contribution in [1.82, 2.24) is 4.90 Å². The van der Waals surface area contributed by atoms with Crippen molar-refractivity contribution in [1.29, 1.82) is 0 Å². The normalized spacial score (nSPS) is 15.3. The molecule has 0 saturated carbocycles. The largest absolute Gasteiger partial charge is 0.384 e. The van der Waals surface area contributed by atoms with Gasteiger partial charge in [-0.2, -0.15) is 0 Å². The van der Waals surface area contributed by atoms with Crippen molar-refractivity contribution in [2.45, 2.75) is 26.7 Å². The van der Waals surface area contributed by atoms with Crippen LogP contribution in [0.1, 0.15) is 30.9 Å². The molecule has 2 amide bonds. The molecule has 0 aliphatic carbocycles. The third kappa shape index (κ3) is 4.24. The second-order valence-electron chi connectivity index (χ2n) is 5.59. The molecule has 21 heavy (non-hydrogen) atoms. The van der Waals surface area contributed by atoms with Crippen LogP contribution in [-0.4, -0.2) is 35.7 Å². The standard InChI is InChI=1S/C17H22N2O2/c1-13-7-9-19(10-8-13)17(21)18-16-6-5-15(4-3-11-20)12-14(16)2/h5-6,12-13,20H,7-11H2,1-2H3,(H,18,21). The third-order valence-electron chi connectivity index (χ3n) is 3.85. The van der Waals surface area contributed by atoms with Gasteiger partial charge in [0, 0.05) is 24.3 Å². The van der Waals surface area contributed by atoms with Crippen LogP contribution < -0.4 is 5.32 Å². The van der Waals surface area contributed by atoms with Crippen molar-refractivity contribution in [3.05, 3.63) is 29.3 Å². The van der Waals surface area contributed by atoms with E-state index >= 15 is 0 Å². The summed E-state index contributed by atoms with van der Waals surface area (Å²) in [5.41, 5.74) is 2.62. The van der Waals surface area contributed by atoms with Gasteiger partial charge in [0.05, 0.1) is 0 Å². The minimum Gasteiger partial charge on any atom is -0.384 e. The maximum Gasteiger partial charge on any atom is 0.321 e. The summed E-state index contributed by atoms with van der Waals surface area (Å²) in [4.78, 5) is 14.1. The number of anilines is 1. The van der Waals surface area contributed by atoms with E-state index in [0.29, 0.717) is 5.92 Å². The number of hydrogen-bond donors (Lipinski definition) is 2. The molecule has 0 spiro atoms. The first-order valence-corrected chi connectivity index (χ1v) is 7.36. The van der Waals surface area contributed by atoms with Gasteiger partial charge in [0.2, 0.25) is 0 Å². The van der Waals surface area contributed by atoms with Gasteiger partial charge < -0.3 is 15.3 Å². The molecule has 112 valence electrons. The Morgan fingerprint density at radius 1 is 1.43 bits per heavy atom. The zero-order chi connectivity index (χ0) is 15.2. The highest BCUT2D eigenvalue weighted by atomic mass is 16.2. The number of aliphatic hydroxyl groups is 1. The lowest BCUT2D eigenvalue weighted by Gasteiger charge is -2.30. The summed E-state index contributed by atoms with van der Waals surface area (Å²) in [5, 5.41) is 11.7. The highest BCUT2D eigenvalue weighted by Crippen LogP contribution is 2.19. The van der Waals surface area contributed by atoms with Gasteiger partial charge in [0.25, 0.3) is 0 Å². The summed E-state index contributed by atoms with van der Waals surface area (Å²) in [6.45, 7) is 5.67. The van der Waals surface area contributed by atoms with E-state index in [0.717, 1.165) is 42.7 Å². The molecule has 2 N–H and O–H groups in total. The van der Waals surface area contributed by atoms with Crippen molar-refractivity contribution >= 4 is 11.7 Å². The van der Waals surface area contributed by atoms with E-state index in [-0.39, 0.29) is 12.6 Å². The number of nitrogens with one attached hydrogen (secondary N) is 1. The smallest absolute Gasteiger partial charge is 0.321 e. The van der Waals surface area contributed by atoms with Crippen molar-refractivity contribution in [2.24, 2.45) is 5.92 Å². The fraction of sp³-hybridized carbons (Fsp3) is 0.471. The fourth-order valence-corrected chi connectivity index (χ4v) is 2.43. The number of benzene rings is 1. The van der Waals surface area contributed by atoms with Crippen LogP contribution in [-0.2, 0) is 0 Å². The summed E-state index contributed by atoms with van der Waals surface area (Å²) in [6, 6.07) is 5.60. The van der Waals surface area contributed by atoms with E-state index in [1.165, 1.54) is 0 Å². The van der Waals surface area contributed by atoms with E-state index in [4.69, 9.17) is 5.11 Å². The Morgan fingerprint density at radius 2 is 2.14 bits per heavy atom. The highest BCUT2D eigenvalue weighted by molar-refractivity contribution is 5.90. The van der Waals surface area contributed by atoms with Crippen LogP contribution >= 0.6 is 0 Å². The van der Waals surface area contributed by atoms with Crippen LogP contribution in [0.25, 0.3) is 0 Å². The molecule has 1 saturated heterocycles. The van der Waals surface area contributed by atoms with E-state index in [1.54, 1.807) is 0 Å². The molecule has 0 aromatic heterocycles. The van der Waals surface area contributed by atoms with Gasteiger partial charge in [-0.05, 0) is 49.4 Å². The number of carbonyl (C=O) groups is 1. The zero-order valence-corrected chi connectivity index (χ0v) is 12.6. The second-order valence-corrected chi connectivity index (χ2v) is 5.59. The Morgan fingerprint density at radius 3 is 2.76 bits per heavy atom. The summed E-state index contributed by atoms with van der Waals surface area (Å²) >= 11 is 0. The van der Waals surface area contributed by atoms with E-state index in [2.05, 4.69) is 24.1 Å². The maximum atomic E-state index is 12.2. The molecule has 1 aliphatic heterocycles. The second kappa shape index (κ2) is 7.14. The predicted octanol–water partition coefficient (Wildman–Crippen LogP) is 2.60. The Hall–Kier alpha value is -1.99. The van der Waals surface area contributed by atoms with Gasteiger partial charge in [-0.25, -0.2) is 4.79 Å². The first kappa shape index (κ1) is 15.4. The van der Waals surface area contributed by atoms with Crippen LogP contribution in [0.15, 0.2) is 18.2 Å². The highest BCUT2D eigenvalue weighted by Gasteiger charge is 2.20. The Balaban J connectivity index is 2.01. The van der Waals surface area contributed by atoms with Gasteiger partial charge in [-0.15, -0.1) is 0 Å². The van der Waals surface area contributed by atoms with E-state index < -0.39 is 0 Å². The van der Waals surface area contributed by atoms with Crippen molar-refractivity contribution in [3.63, 3.8) is 0 Å². The number of nitrogens with zero attached hydrogens (tertiary/aromatic N) is 1. The maximum absolute atomic E-state index is 12.2. The minimum absolute atomic E-state index is 0.0285. The van der Waals surface area contributed by atoms with E-state index in [1.807, 2.05) is 30.0 Å². The molecule has 1 heterocycles. The molecule has 0 atom stereocenters. The number of aliphatic hydroxyl groups excluding tert-OH is 1. The Kier molecular flexibility index (Phi) is 5.24. The first-order chi connectivity index (χ1) is 10.1. The van der Waals surface area contributed by atoms with Crippen molar-refractivity contribution < 1.29 is 9.90 Å². The van der Waals surface area contributed by atoms with Crippen molar-refractivity contribution in [3.8, 4) is 11.8 Å². The number of likely N-dealkylation sites (tertiary alicyclic amines) is 1. The average molecular weight is 286 g/mol. The minimum atomic E-state index is -0.148. The summed E-state index contributed by atoms with van der Waals surface area (Å²) in [5.74, 6) is 6.19. The number of piperidine rings is 1. The average Bonchev–Trinajstić information content (AvgIpc) is 2.48. The van der Waals surface area contributed by atoms with Crippen molar-refractivity contribution in [2.75, 3.05) is 25.0 Å². The number of urea groups is 1. The third-order valence-corrected chi connectivity index (χ3v) is 3.85. The lowest BCUT2D eigenvalue weighted by molar-refractivity contribution is 0.186. The zero-order valence-electron chi connectivity index (χ0n) is 12.6. The van der Waals surface area contributed by atoms with Crippen LogP contribution in [0.2, 0.25) is 0 Å². The Bertz CT molecular complexity index is 564. The molecule has 2 rings (SSSR count). The molecule has 0 radical (unpaired) electrons. The summed E-state index contributed by atoms with van der Waals surface area (Å²) in [7, 11) is 0. The molecule has 1 aliphatic rings. The molecule has 0 unspecified atom stereocenters. The number of hydrogen-bond acceptors (Lipinski definition) is 2. The molecule has 4 nitrogen and oxygen atoms in total.